The van der Waals surface area contributed by atoms with Gasteiger partial charge in [-0.15, -0.1) is 0 Å². The predicted octanol–water partition coefficient (Wildman–Crippen LogP) is 2.70. The third-order valence-electron chi connectivity index (χ3n) is 3.49. The highest BCUT2D eigenvalue weighted by Crippen LogP contribution is 2.20. The Labute approximate surface area is 132 Å². The van der Waals surface area contributed by atoms with Crippen molar-refractivity contribution >= 4 is 45.0 Å². The third-order valence-corrected chi connectivity index (χ3v) is 5.01. The standard InChI is InChI=1S/C15H16N2O2S2/c18-14(10-21-15(20)17-5-7-19-8-6-17)12-9-16-13-4-2-1-3-11(12)13/h1-4,9,16H,5-8,10H2. The molecule has 2 heterocycles. The molecular formula is C15H16N2O2S2. The molecule has 1 aromatic carbocycles. The molecule has 21 heavy (non-hydrogen) atoms. The van der Waals surface area contributed by atoms with Gasteiger partial charge in [0.15, 0.2) is 5.78 Å². The molecule has 0 bridgehead atoms. The van der Waals surface area contributed by atoms with E-state index >= 15 is 0 Å². The monoisotopic (exact) mass is 320 g/mol. The van der Waals surface area contributed by atoms with Crippen molar-refractivity contribution in [3.63, 3.8) is 0 Å². The molecule has 1 saturated heterocycles. The quantitative estimate of drug-likeness (QED) is 0.696. The number of aromatic amines is 1. The fourth-order valence-electron chi connectivity index (χ4n) is 2.34. The summed E-state index contributed by atoms with van der Waals surface area (Å²) in [6, 6.07) is 7.83. The Hall–Kier alpha value is -1.37. The van der Waals surface area contributed by atoms with Gasteiger partial charge in [-0.05, 0) is 6.07 Å². The third kappa shape index (κ3) is 3.28. The molecule has 110 valence electrons. The highest BCUT2D eigenvalue weighted by Gasteiger charge is 2.17. The number of benzene rings is 1. The summed E-state index contributed by atoms with van der Waals surface area (Å²) in [5, 5.41) is 0.973. The summed E-state index contributed by atoms with van der Waals surface area (Å²) in [6.45, 7) is 3.04. The van der Waals surface area contributed by atoms with E-state index in [1.807, 2.05) is 24.3 Å². The van der Waals surface area contributed by atoms with Crippen LogP contribution in [0.4, 0.5) is 0 Å². The molecule has 6 heteroatoms. The van der Waals surface area contributed by atoms with Crippen molar-refractivity contribution in [2.45, 2.75) is 0 Å². The number of hydrogen-bond acceptors (Lipinski definition) is 4. The molecule has 0 saturated carbocycles. The van der Waals surface area contributed by atoms with E-state index < -0.39 is 0 Å². The van der Waals surface area contributed by atoms with E-state index in [4.69, 9.17) is 17.0 Å². The first-order chi connectivity index (χ1) is 10.3. The molecule has 4 nitrogen and oxygen atoms in total. The Morgan fingerprint density at radius 3 is 2.90 bits per heavy atom. The van der Waals surface area contributed by atoms with Crippen LogP contribution in [0.15, 0.2) is 30.5 Å². The maximum absolute atomic E-state index is 12.4. The lowest BCUT2D eigenvalue weighted by Crippen LogP contribution is -2.38. The Balaban J connectivity index is 1.62. The maximum Gasteiger partial charge on any atom is 0.175 e. The smallest absolute Gasteiger partial charge is 0.175 e. The lowest BCUT2D eigenvalue weighted by atomic mass is 10.1. The molecule has 1 aliphatic heterocycles. The second-order valence-corrected chi connectivity index (χ2v) is 6.43. The van der Waals surface area contributed by atoms with E-state index in [-0.39, 0.29) is 5.78 Å². The van der Waals surface area contributed by atoms with Gasteiger partial charge in [-0.3, -0.25) is 4.79 Å². The highest BCUT2D eigenvalue weighted by atomic mass is 32.2. The fourth-order valence-corrected chi connectivity index (χ4v) is 3.48. The highest BCUT2D eigenvalue weighted by molar-refractivity contribution is 8.23. The zero-order valence-corrected chi connectivity index (χ0v) is 13.1. The Morgan fingerprint density at radius 2 is 2.10 bits per heavy atom. The number of carbonyl (C=O) groups excluding carboxylic acids is 1. The molecule has 1 aromatic heterocycles. The average Bonchev–Trinajstić information content (AvgIpc) is 2.97. The first-order valence-corrected chi connectivity index (χ1v) is 8.24. The van der Waals surface area contributed by atoms with Crippen LogP contribution in [0.5, 0.6) is 0 Å². The molecular weight excluding hydrogens is 304 g/mol. The largest absolute Gasteiger partial charge is 0.378 e. The van der Waals surface area contributed by atoms with Gasteiger partial charge in [0.1, 0.15) is 4.32 Å². The van der Waals surface area contributed by atoms with Crippen molar-refractivity contribution in [2.24, 2.45) is 0 Å². The van der Waals surface area contributed by atoms with Gasteiger partial charge in [0, 0.05) is 35.8 Å². The minimum absolute atomic E-state index is 0.105. The molecule has 1 aliphatic rings. The van der Waals surface area contributed by atoms with Gasteiger partial charge in [0.2, 0.25) is 0 Å². The second-order valence-electron chi connectivity index (χ2n) is 4.83. The van der Waals surface area contributed by atoms with Crippen LogP contribution >= 0.6 is 24.0 Å². The summed E-state index contributed by atoms with van der Waals surface area (Å²) in [4.78, 5) is 17.6. The second kappa shape index (κ2) is 6.60. The molecule has 2 aromatic rings. The van der Waals surface area contributed by atoms with Crippen LogP contribution in [-0.4, -0.2) is 52.0 Å². The predicted molar refractivity (Wildman–Crippen MR) is 90.1 cm³/mol. The number of carbonyl (C=O) groups is 1. The number of aromatic nitrogens is 1. The minimum Gasteiger partial charge on any atom is -0.378 e. The average molecular weight is 320 g/mol. The van der Waals surface area contributed by atoms with Crippen LogP contribution in [0.25, 0.3) is 10.9 Å². The molecule has 0 unspecified atom stereocenters. The van der Waals surface area contributed by atoms with Crippen molar-refractivity contribution in [1.29, 1.82) is 0 Å². The van der Waals surface area contributed by atoms with Gasteiger partial charge in [-0.1, -0.05) is 42.2 Å². The number of thiocarbonyl (C=S) groups is 1. The summed E-state index contributed by atoms with van der Waals surface area (Å²) in [5.41, 5.74) is 1.73. The molecule has 0 aliphatic carbocycles. The number of nitrogens with one attached hydrogen (secondary N) is 1. The number of ketones is 1. The molecule has 0 amide bonds. The zero-order valence-electron chi connectivity index (χ0n) is 11.5. The summed E-state index contributed by atoms with van der Waals surface area (Å²) >= 11 is 6.83. The number of nitrogens with zero attached hydrogens (tertiary/aromatic N) is 1. The summed E-state index contributed by atoms with van der Waals surface area (Å²) in [5.74, 6) is 0.478. The van der Waals surface area contributed by atoms with Gasteiger partial charge in [-0.25, -0.2) is 0 Å². The van der Waals surface area contributed by atoms with Crippen LogP contribution < -0.4 is 0 Å². The van der Waals surface area contributed by atoms with Crippen molar-refractivity contribution in [1.82, 2.24) is 9.88 Å². The van der Waals surface area contributed by atoms with Crippen LogP contribution in [0.1, 0.15) is 10.4 Å². The molecule has 0 spiro atoms. The van der Waals surface area contributed by atoms with E-state index in [0.717, 1.165) is 33.9 Å². The number of fused-ring (bicyclic) bond motifs is 1. The fraction of sp³-hybridized carbons (Fsp3) is 0.333. The maximum atomic E-state index is 12.4. The SMILES string of the molecule is O=C(CSC(=S)N1CCOCC1)c1c[nH]c2ccccc12. The van der Waals surface area contributed by atoms with E-state index in [0.29, 0.717) is 19.0 Å². The van der Waals surface area contributed by atoms with Gasteiger partial charge >= 0.3 is 0 Å². The van der Waals surface area contributed by atoms with Crippen molar-refractivity contribution < 1.29 is 9.53 Å². The van der Waals surface area contributed by atoms with Gasteiger partial charge in [0.25, 0.3) is 0 Å². The van der Waals surface area contributed by atoms with Crippen LogP contribution in [0, 0.1) is 0 Å². The minimum atomic E-state index is 0.105. The first kappa shape index (κ1) is 14.6. The Morgan fingerprint density at radius 1 is 1.33 bits per heavy atom. The number of hydrogen-bond donors (Lipinski definition) is 1. The van der Waals surface area contributed by atoms with Gasteiger partial charge < -0.3 is 14.6 Å². The van der Waals surface area contributed by atoms with E-state index in [1.54, 1.807) is 6.20 Å². The summed E-state index contributed by atoms with van der Waals surface area (Å²) in [7, 11) is 0. The van der Waals surface area contributed by atoms with E-state index in [1.165, 1.54) is 11.8 Å². The van der Waals surface area contributed by atoms with Crippen LogP contribution in [0.2, 0.25) is 0 Å². The number of ether oxygens (including phenoxy) is 1. The van der Waals surface area contributed by atoms with Crippen LogP contribution in [0.3, 0.4) is 0 Å². The number of rotatable bonds is 3. The van der Waals surface area contributed by atoms with Crippen molar-refractivity contribution in [3.8, 4) is 0 Å². The molecule has 3 rings (SSSR count). The van der Waals surface area contributed by atoms with Gasteiger partial charge in [0.05, 0.1) is 19.0 Å². The number of para-hydroxylation sites is 1. The normalized spacial score (nSPS) is 15.3. The molecule has 0 atom stereocenters. The Bertz CT molecular complexity index is 662. The lowest BCUT2D eigenvalue weighted by molar-refractivity contribution is 0.0702. The summed E-state index contributed by atoms with van der Waals surface area (Å²) < 4.78 is 6.08. The first-order valence-electron chi connectivity index (χ1n) is 6.84. The van der Waals surface area contributed by atoms with Gasteiger partial charge in [-0.2, -0.15) is 0 Å². The van der Waals surface area contributed by atoms with Crippen molar-refractivity contribution in [3.05, 3.63) is 36.0 Å². The number of Topliss-reactive ketones (excluding diaryl/α,β-unsaturated/α-hetero) is 1. The molecule has 0 radical (unpaired) electrons. The molecule has 1 N–H and O–H groups in total. The van der Waals surface area contributed by atoms with E-state index in [9.17, 15) is 4.79 Å². The van der Waals surface area contributed by atoms with E-state index in [2.05, 4.69) is 9.88 Å². The topological polar surface area (TPSA) is 45.3 Å². The lowest BCUT2D eigenvalue weighted by Gasteiger charge is -2.28. The number of thioether (sulfide) groups is 1. The number of H-pyrrole nitrogens is 1. The Kier molecular flexibility index (Phi) is 4.57. The molecule has 1 fully saturated rings. The van der Waals surface area contributed by atoms with Crippen LogP contribution in [-0.2, 0) is 4.74 Å². The zero-order chi connectivity index (χ0) is 14.7. The summed E-state index contributed by atoms with van der Waals surface area (Å²) in [6.07, 6.45) is 1.78. The number of morpholine rings is 1. The van der Waals surface area contributed by atoms with Crippen molar-refractivity contribution in [2.75, 3.05) is 32.1 Å².